The summed E-state index contributed by atoms with van der Waals surface area (Å²) in [6.07, 6.45) is 37.3. The molecule has 0 aromatic heterocycles. The molecule has 0 saturated heterocycles. The number of allylic oxidation sites excluding steroid dienone is 3. The van der Waals surface area contributed by atoms with Crippen LogP contribution in [0.3, 0.4) is 0 Å². The highest BCUT2D eigenvalue weighted by Crippen LogP contribution is 2.13. The summed E-state index contributed by atoms with van der Waals surface area (Å²) >= 11 is 0. The van der Waals surface area contributed by atoms with E-state index in [2.05, 4.69) is 31.3 Å². The van der Waals surface area contributed by atoms with Crippen molar-refractivity contribution in [1.82, 2.24) is 5.32 Å². The second kappa shape index (κ2) is 30.8. The SMILES string of the molecule is CCCCCCCCC/C=C\CCCCCCCCCC(=O)NC(CS(=O)(=O)O)C(O)/C=C/CCCCCCCCCC. The highest BCUT2D eigenvalue weighted by atomic mass is 32.2. The van der Waals surface area contributed by atoms with Crippen LogP contribution in [0.2, 0.25) is 0 Å². The largest absolute Gasteiger partial charge is 0.387 e. The first-order valence-electron chi connectivity index (χ1n) is 18.0. The summed E-state index contributed by atoms with van der Waals surface area (Å²) in [7, 11) is -4.33. The Morgan fingerprint density at radius 3 is 1.40 bits per heavy atom. The fourth-order valence-electron chi connectivity index (χ4n) is 5.38. The van der Waals surface area contributed by atoms with Crippen molar-refractivity contribution in [3.8, 4) is 0 Å². The minimum Gasteiger partial charge on any atom is -0.387 e. The van der Waals surface area contributed by atoms with Gasteiger partial charge in [0.05, 0.1) is 17.9 Å². The van der Waals surface area contributed by atoms with E-state index < -0.39 is 28.0 Å². The Balaban J connectivity index is 3.94. The number of aliphatic hydroxyl groups excluding tert-OH is 1. The van der Waals surface area contributed by atoms with Gasteiger partial charge < -0.3 is 10.4 Å². The molecule has 254 valence electrons. The van der Waals surface area contributed by atoms with Gasteiger partial charge in [-0.05, 0) is 44.9 Å². The van der Waals surface area contributed by atoms with Crippen molar-refractivity contribution in [2.75, 3.05) is 5.75 Å². The van der Waals surface area contributed by atoms with Crippen molar-refractivity contribution < 1.29 is 22.9 Å². The number of carbonyl (C=O) groups excluding carboxylic acids is 1. The number of aliphatic hydroxyl groups is 1. The van der Waals surface area contributed by atoms with E-state index in [4.69, 9.17) is 0 Å². The number of amides is 1. The Morgan fingerprint density at radius 2 is 0.977 bits per heavy atom. The van der Waals surface area contributed by atoms with Crippen LogP contribution in [0.15, 0.2) is 24.3 Å². The number of unbranched alkanes of at least 4 members (excludes halogenated alkanes) is 22. The zero-order valence-electron chi connectivity index (χ0n) is 28.1. The Hall–Kier alpha value is -1.18. The second-order valence-electron chi connectivity index (χ2n) is 12.5. The summed E-state index contributed by atoms with van der Waals surface area (Å²) in [6, 6.07) is -1.05. The van der Waals surface area contributed by atoms with Gasteiger partial charge in [-0.1, -0.05) is 154 Å². The van der Waals surface area contributed by atoms with E-state index in [9.17, 15) is 22.9 Å². The first-order chi connectivity index (χ1) is 20.8. The zero-order valence-corrected chi connectivity index (χ0v) is 28.9. The van der Waals surface area contributed by atoms with Crippen LogP contribution in [0.4, 0.5) is 0 Å². The van der Waals surface area contributed by atoms with Gasteiger partial charge in [-0.3, -0.25) is 9.35 Å². The van der Waals surface area contributed by atoms with E-state index in [1.54, 1.807) is 6.08 Å². The molecule has 0 spiro atoms. The maximum atomic E-state index is 12.4. The molecule has 0 radical (unpaired) electrons. The van der Waals surface area contributed by atoms with Gasteiger partial charge in [-0.25, -0.2) is 0 Å². The Morgan fingerprint density at radius 1 is 0.605 bits per heavy atom. The fraction of sp³-hybridized carbons (Fsp3) is 0.861. The van der Waals surface area contributed by atoms with Gasteiger partial charge in [0.2, 0.25) is 5.91 Å². The first-order valence-corrected chi connectivity index (χ1v) is 19.6. The summed E-state index contributed by atoms with van der Waals surface area (Å²) < 4.78 is 32.3. The van der Waals surface area contributed by atoms with Crippen molar-refractivity contribution in [3.05, 3.63) is 24.3 Å². The van der Waals surface area contributed by atoms with E-state index in [1.807, 2.05) is 6.08 Å². The number of carbonyl (C=O) groups is 1. The van der Waals surface area contributed by atoms with Crippen LogP contribution in [0.5, 0.6) is 0 Å². The summed E-state index contributed by atoms with van der Waals surface area (Å²) in [6.45, 7) is 4.48. The maximum Gasteiger partial charge on any atom is 0.267 e. The minimum atomic E-state index is -4.33. The molecule has 2 atom stereocenters. The van der Waals surface area contributed by atoms with Gasteiger partial charge in [0.15, 0.2) is 0 Å². The second-order valence-corrected chi connectivity index (χ2v) is 14.0. The van der Waals surface area contributed by atoms with Crippen LogP contribution in [0, 0.1) is 0 Å². The Bertz CT molecular complexity index is 781. The molecular weight excluding hydrogens is 558 g/mol. The summed E-state index contributed by atoms with van der Waals surface area (Å²) in [4.78, 5) is 12.4. The molecular formula is C36H69NO5S. The van der Waals surface area contributed by atoms with E-state index in [0.29, 0.717) is 6.42 Å². The minimum absolute atomic E-state index is 0.285. The maximum absolute atomic E-state index is 12.4. The standard InChI is InChI=1S/C36H69NO5S/c1-3-5-7-9-11-13-15-16-17-18-19-20-21-22-24-26-28-30-32-36(39)37-34(33-43(40,41)42)35(38)31-29-27-25-23-14-12-10-8-6-4-2/h17-18,29,31,34-35,38H,3-16,19-28,30,32-33H2,1-2H3,(H,37,39)(H,40,41,42)/b18-17-,31-29+. The number of hydrogen-bond acceptors (Lipinski definition) is 4. The average Bonchev–Trinajstić information content (AvgIpc) is 2.96. The monoisotopic (exact) mass is 627 g/mol. The van der Waals surface area contributed by atoms with Gasteiger partial charge in [-0.15, -0.1) is 0 Å². The molecule has 0 fully saturated rings. The third-order valence-corrected chi connectivity index (χ3v) is 8.90. The molecule has 0 heterocycles. The normalized spacial score (nSPS) is 13.7. The molecule has 0 rings (SSSR count). The Labute approximate surface area is 266 Å². The van der Waals surface area contributed by atoms with Crippen molar-refractivity contribution in [3.63, 3.8) is 0 Å². The third kappa shape index (κ3) is 32.0. The number of hydrogen-bond donors (Lipinski definition) is 3. The van der Waals surface area contributed by atoms with Crippen LogP contribution in [0.1, 0.15) is 181 Å². The van der Waals surface area contributed by atoms with Crippen LogP contribution in [-0.4, -0.2) is 41.9 Å². The van der Waals surface area contributed by atoms with Crippen LogP contribution >= 0.6 is 0 Å². The lowest BCUT2D eigenvalue weighted by Crippen LogP contribution is -2.46. The predicted molar refractivity (Wildman–Crippen MR) is 184 cm³/mol. The highest BCUT2D eigenvalue weighted by molar-refractivity contribution is 7.85. The molecule has 0 aromatic carbocycles. The molecule has 1 amide bonds. The number of rotatable bonds is 32. The van der Waals surface area contributed by atoms with Gasteiger partial charge in [0.25, 0.3) is 10.1 Å². The summed E-state index contributed by atoms with van der Waals surface area (Å²) in [5.74, 6) is -0.983. The van der Waals surface area contributed by atoms with Crippen molar-refractivity contribution in [1.29, 1.82) is 0 Å². The first kappa shape index (κ1) is 41.8. The smallest absolute Gasteiger partial charge is 0.267 e. The Kier molecular flexibility index (Phi) is 30.0. The molecule has 0 aliphatic heterocycles. The quantitative estimate of drug-likeness (QED) is 0.0391. The van der Waals surface area contributed by atoms with Crippen molar-refractivity contribution in [2.24, 2.45) is 0 Å². The topological polar surface area (TPSA) is 104 Å². The van der Waals surface area contributed by atoms with Crippen LogP contribution < -0.4 is 5.32 Å². The molecule has 0 bridgehead atoms. The van der Waals surface area contributed by atoms with Gasteiger partial charge in [0.1, 0.15) is 0 Å². The molecule has 43 heavy (non-hydrogen) atoms. The fourth-order valence-corrected chi connectivity index (χ4v) is 6.12. The summed E-state index contributed by atoms with van der Waals surface area (Å²) in [5.41, 5.74) is 0. The van der Waals surface area contributed by atoms with Gasteiger partial charge in [-0.2, -0.15) is 8.42 Å². The lowest BCUT2D eigenvalue weighted by Gasteiger charge is -2.21. The zero-order chi connectivity index (χ0) is 31.9. The molecule has 7 heteroatoms. The molecule has 6 nitrogen and oxygen atoms in total. The lowest BCUT2D eigenvalue weighted by atomic mass is 10.1. The molecule has 0 aliphatic carbocycles. The molecule has 0 saturated carbocycles. The van der Waals surface area contributed by atoms with Crippen LogP contribution in [0.25, 0.3) is 0 Å². The molecule has 0 aromatic rings. The van der Waals surface area contributed by atoms with Gasteiger partial charge in [0, 0.05) is 6.42 Å². The predicted octanol–water partition coefficient (Wildman–Crippen LogP) is 10.0. The third-order valence-electron chi connectivity index (χ3n) is 8.12. The molecule has 0 aliphatic rings. The van der Waals surface area contributed by atoms with Crippen LogP contribution in [-0.2, 0) is 14.9 Å². The van der Waals surface area contributed by atoms with Crippen molar-refractivity contribution >= 4 is 16.0 Å². The molecule has 2 unspecified atom stereocenters. The van der Waals surface area contributed by atoms with E-state index >= 15 is 0 Å². The average molecular weight is 628 g/mol. The van der Waals surface area contributed by atoms with E-state index in [1.165, 1.54) is 116 Å². The lowest BCUT2D eigenvalue weighted by molar-refractivity contribution is -0.122. The van der Waals surface area contributed by atoms with Crippen molar-refractivity contribution in [2.45, 2.75) is 193 Å². The number of nitrogens with one attached hydrogen (secondary N) is 1. The van der Waals surface area contributed by atoms with E-state index in [-0.39, 0.29) is 5.91 Å². The highest BCUT2D eigenvalue weighted by Gasteiger charge is 2.24. The molecule has 3 N–H and O–H groups in total. The van der Waals surface area contributed by atoms with E-state index in [0.717, 1.165) is 44.9 Å². The van der Waals surface area contributed by atoms with Gasteiger partial charge >= 0.3 is 0 Å². The summed E-state index contributed by atoms with van der Waals surface area (Å²) in [5, 5.41) is 13.1.